The third-order valence-corrected chi connectivity index (χ3v) is 6.09. The average molecular weight is 468 g/mol. The number of thioether (sulfide) groups is 1. The predicted octanol–water partition coefficient (Wildman–Crippen LogP) is 2.16. The van der Waals surface area contributed by atoms with Crippen LogP contribution in [0.4, 0.5) is 11.4 Å². The minimum atomic E-state index is -0.676. The molecule has 2 aromatic rings. The van der Waals surface area contributed by atoms with Gasteiger partial charge in [0.25, 0.3) is 5.91 Å². The number of anilines is 2. The number of rotatable bonds is 5. The van der Waals surface area contributed by atoms with Crippen molar-refractivity contribution in [2.45, 2.75) is 6.17 Å². The second kappa shape index (κ2) is 8.94. The lowest BCUT2D eigenvalue weighted by atomic mass is 10.2. The molecule has 3 heterocycles. The van der Waals surface area contributed by atoms with Crippen LogP contribution >= 0.6 is 11.8 Å². The maximum Gasteiger partial charge on any atom is 0.276 e. The molecule has 10 nitrogen and oxygen atoms in total. The van der Waals surface area contributed by atoms with Crippen molar-refractivity contribution < 1.29 is 23.8 Å². The molecule has 5 rings (SSSR count). The van der Waals surface area contributed by atoms with Crippen LogP contribution in [0.2, 0.25) is 0 Å². The van der Waals surface area contributed by atoms with Crippen molar-refractivity contribution in [2.75, 3.05) is 36.3 Å². The molecule has 0 spiro atoms. The molecule has 0 saturated carbocycles. The van der Waals surface area contributed by atoms with E-state index in [2.05, 4.69) is 15.8 Å². The largest absolute Gasteiger partial charge is 0.497 e. The second-order valence-electron chi connectivity index (χ2n) is 7.24. The van der Waals surface area contributed by atoms with E-state index in [1.807, 2.05) is 18.2 Å². The fraction of sp³-hybridized carbons (Fsp3) is 0.227. The number of nitrogens with one attached hydrogen (secondary N) is 2. The van der Waals surface area contributed by atoms with Crippen LogP contribution in [0.1, 0.15) is 0 Å². The summed E-state index contributed by atoms with van der Waals surface area (Å²) < 4.78 is 16.3. The summed E-state index contributed by atoms with van der Waals surface area (Å²) in [7, 11) is 1.58. The zero-order chi connectivity index (χ0) is 22.8. The van der Waals surface area contributed by atoms with E-state index in [0.29, 0.717) is 47.0 Å². The Kier molecular flexibility index (Phi) is 5.69. The first-order chi connectivity index (χ1) is 16.1. The molecule has 0 radical (unpaired) electrons. The van der Waals surface area contributed by atoms with Crippen molar-refractivity contribution in [1.29, 1.82) is 0 Å². The van der Waals surface area contributed by atoms with Crippen LogP contribution in [0, 0.1) is 0 Å². The number of benzene rings is 2. The zero-order valence-electron chi connectivity index (χ0n) is 17.7. The number of amides is 2. The Hall–Kier alpha value is -3.86. The molecule has 0 fully saturated rings. The third-order valence-electron chi connectivity index (χ3n) is 5.12. The first-order valence-electron chi connectivity index (χ1n) is 10.2. The SMILES string of the molecule is COc1cccc(N2C=CN3C(SCC(=O)Nc4ccc5c(c4)OCCO5)=NNC3C2=O)c1. The van der Waals surface area contributed by atoms with Crippen LogP contribution in [0.15, 0.2) is 60.0 Å². The number of nitrogens with zero attached hydrogens (tertiary/aromatic N) is 3. The standard InChI is InChI=1S/C22H21N5O5S/c1-30-16-4-2-3-15(12-16)26-7-8-27-20(21(26)29)24-25-22(27)33-13-19(28)23-14-5-6-17-18(11-14)32-10-9-31-17/h2-8,11-12,20,24H,9-10,13H2,1H3,(H,23,28). The summed E-state index contributed by atoms with van der Waals surface area (Å²) in [5.41, 5.74) is 4.16. The molecule has 0 saturated heterocycles. The van der Waals surface area contributed by atoms with E-state index < -0.39 is 6.17 Å². The number of hydrogen-bond donors (Lipinski definition) is 2. The Morgan fingerprint density at radius 3 is 2.91 bits per heavy atom. The Balaban J connectivity index is 1.20. The van der Waals surface area contributed by atoms with Gasteiger partial charge in [-0.3, -0.25) is 24.8 Å². The van der Waals surface area contributed by atoms with E-state index in [-0.39, 0.29) is 17.6 Å². The Bertz CT molecular complexity index is 1150. The maximum atomic E-state index is 13.0. The number of hydrazone groups is 1. The summed E-state index contributed by atoms with van der Waals surface area (Å²) >= 11 is 1.23. The molecule has 1 unspecified atom stereocenters. The van der Waals surface area contributed by atoms with E-state index in [1.54, 1.807) is 48.7 Å². The lowest BCUT2D eigenvalue weighted by Gasteiger charge is -2.32. The van der Waals surface area contributed by atoms with Crippen LogP contribution in [0.5, 0.6) is 17.2 Å². The number of hydrogen-bond acceptors (Lipinski definition) is 9. The average Bonchev–Trinajstić information content (AvgIpc) is 3.27. The number of carbonyl (C=O) groups excluding carboxylic acids is 2. The van der Waals surface area contributed by atoms with Gasteiger partial charge in [-0.1, -0.05) is 17.8 Å². The van der Waals surface area contributed by atoms with Gasteiger partial charge in [-0.15, -0.1) is 0 Å². The highest BCUT2D eigenvalue weighted by atomic mass is 32.2. The van der Waals surface area contributed by atoms with E-state index in [0.717, 1.165) is 0 Å². The van der Waals surface area contributed by atoms with Crippen molar-refractivity contribution in [3.8, 4) is 17.2 Å². The van der Waals surface area contributed by atoms with Crippen LogP contribution in [0.25, 0.3) is 0 Å². The topological polar surface area (TPSA) is 105 Å². The minimum absolute atomic E-state index is 0.125. The Labute approximate surface area is 194 Å². The van der Waals surface area contributed by atoms with Crippen LogP contribution < -0.4 is 29.9 Å². The monoisotopic (exact) mass is 467 g/mol. The second-order valence-corrected chi connectivity index (χ2v) is 8.18. The summed E-state index contributed by atoms with van der Waals surface area (Å²) in [4.78, 5) is 28.7. The fourth-order valence-corrected chi connectivity index (χ4v) is 4.31. The number of fused-ring (bicyclic) bond motifs is 2. The van der Waals surface area contributed by atoms with Gasteiger partial charge in [-0.25, -0.2) is 0 Å². The Morgan fingerprint density at radius 1 is 1.21 bits per heavy atom. The van der Waals surface area contributed by atoms with Gasteiger partial charge in [0.15, 0.2) is 16.7 Å². The predicted molar refractivity (Wildman–Crippen MR) is 124 cm³/mol. The van der Waals surface area contributed by atoms with Gasteiger partial charge in [0.1, 0.15) is 19.0 Å². The summed E-state index contributed by atoms with van der Waals surface area (Å²) in [5.74, 6) is 1.66. The summed E-state index contributed by atoms with van der Waals surface area (Å²) in [5, 5.41) is 7.62. The molecule has 11 heteroatoms. The molecule has 2 amide bonds. The van der Waals surface area contributed by atoms with Gasteiger partial charge < -0.3 is 19.5 Å². The highest BCUT2D eigenvalue weighted by Gasteiger charge is 2.38. The van der Waals surface area contributed by atoms with Gasteiger partial charge in [-0.05, 0) is 24.3 Å². The molecule has 2 N–H and O–H groups in total. The lowest BCUT2D eigenvalue weighted by Crippen LogP contribution is -2.52. The van der Waals surface area contributed by atoms with E-state index in [1.165, 1.54) is 16.7 Å². The molecule has 3 aliphatic rings. The van der Waals surface area contributed by atoms with Crippen LogP contribution in [-0.2, 0) is 9.59 Å². The van der Waals surface area contributed by atoms with E-state index >= 15 is 0 Å². The number of carbonyl (C=O) groups is 2. The molecule has 0 aliphatic carbocycles. The molecule has 1 atom stereocenters. The molecule has 0 bridgehead atoms. The zero-order valence-corrected chi connectivity index (χ0v) is 18.5. The first kappa shape index (κ1) is 21.0. The normalized spacial score (nSPS) is 18.4. The minimum Gasteiger partial charge on any atom is -0.497 e. The van der Waals surface area contributed by atoms with Crippen molar-refractivity contribution in [2.24, 2.45) is 5.10 Å². The lowest BCUT2D eigenvalue weighted by molar-refractivity contribution is -0.122. The summed E-state index contributed by atoms with van der Waals surface area (Å²) in [6, 6.07) is 12.5. The number of amidine groups is 1. The maximum absolute atomic E-state index is 13.0. The van der Waals surface area contributed by atoms with Gasteiger partial charge in [-0.2, -0.15) is 5.10 Å². The van der Waals surface area contributed by atoms with Crippen LogP contribution in [-0.4, -0.2) is 54.1 Å². The fourth-order valence-electron chi connectivity index (χ4n) is 3.54. The van der Waals surface area contributed by atoms with Crippen molar-refractivity contribution in [3.63, 3.8) is 0 Å². The van der Waals surface area contributed by atoms with Crippen LogP contribution in [0.3, 0.4) is 0 Å². The van der Waals surface area contributed by atoms with Crippen molar-refractivity contribution in [3.05, 3.63) is 54.9 Å². The molecule has 170 valence electrons. The van der Waals surface area contributed by atoms with Crippen molar-refractivity contribution in [1.82, 2.24) is 10.3 Å². The Morgan fingerprint density at radius 2 is 2.06 bits per heavy atom. The smallest absolute Gasteiger partial charge is 0.276 e. The summed E-state index contributed by atoms with van der Waals surface area (Å²) in [6.45, 7) is 0.989. The molecule has 2 aromatic carbocycles. The van der Waals surface area contributed by atoms with E-state index in [4.69, 9.17) is 14.2 Å². The van der Waals surface area contributed by atoms with E-state index in [9.17, 15) is 9.59 Å². The third kappa shape index (κ3) is 4.27. The van der Waals surface area contributed by atoms with Gasteiger partial charge in [0.2, 0.25) is 12.1 Å². The molecule has 3 aliphatic heterocycles. The number of ether oxygens (including phenoxy) is 3. The molecular formula is C22H21N5O5S. The van der Waals surface area contributed by atoms with Gasteiger partial charge in [0.05, 0.1) is 18.6 Å². The molecular weight excluding hydrogens is 446 g/mol. The molecule has 0 aromatic heterocycles. The van der Waals surface area contributed by atoms with Gasteiger partial charge in [0, 0.05) is 30.2 Å². The number of methoxy groups -OCH3 is 1. The highest BCUT2D eigenvalue weighted by Crippen LogP contribution is 2.33. The van der Waals surface area contributed by atoms with Gasteiger partial charge >= 0.3 is 0 Å². The summed E-state index contributed by atoms with van der Waals surface area (Å²) in [6.07, 6.45) is 2.76. The highest BCUT2D eigenvalue weighted by molar-refractivity contribution is 8.14. The first-order valence-corrected chi connectivity index (χ1v) is 11.2. The molecule has 33 heavy (non-hydrogen) atoms. The van der Waals surface area contributed by atoms with Crippen molar-refractivity contribution >= 4 is 40.1 Å². The quantitative estimate of drug-likeness (QED) is 0.690.